The van der Waals surface area contributed by atoms with Crippen LogP contribution in [0.5, 0.6) is 0 Å². The molecule has 0 radical (unpaired) electrons. The molecule has 4 aromatic rings. The third-order valence-corrected chi connectivity index (χ3v) is 5.27. The molecule has 0 fully saturated rings. The van der Waals surface area contributed by atoms with Crippen LogP contribution in [0.25, 0.3) is 16.7 Å². The molecular formula is C21H17IN4O. The zero-order valence-electron chi connectivity index (χ0n) is 14.7. The van der Waals surface area contributed by atoms with E-state index in [0.29, 0.717) is 11.3 Å². The molecule has 1 N–H and O–H groups in total. The molecule has 1 amide bonds. The lowest BCUT2D eigenvalue weighted by molar-refractivity contribution is 0.102. The second-order valence-electron chi connectivity index (χ2n) is 6.15. The molecular weight excluding hydrogens is 451 g/mol. The minimum absolute atomic E-state index is 0.137. The van der Waals surface area contributed by atoms with Crippen LogP contribution < -0.4 is 5.32 Å². The highest BCUT2D eigenvalue weighted by atomic mass is 127. The van der Waals surface area contributed by atoms with Crippen LogP contribution in [0.15, 0.2) is 66.7 Å². The van der Waals surface area contributed by atoms with E-state index in [2.05, 4.69) is 57.2 Å². The Morgan fingerprint density at radius 2 is 1.74 bits per heavy atom. The number of halogens is 1. The molecule has 1 heterocycles. The predicted molar refractivity (Wildman–Crippen MR) is 115 cm³/mol. The fourth-order valence-electron chi connectivity index (χ4n) is 2.82. The maximum atomic E-state index is 12.5. The predicted octanol–water partition coefficient (Wildman–Crippen LogP) is 4.84. The lowest BCUT2D eigenvalue weighted by atomic mass is 10.2. The summed E-state index contributed by atoms with van der Waals surface area (Å²) in [5, 5.41) is 12.0. The van der Waals surface area contributed by atoms with Crippen LogP contribution in [0, 0.1) is 3.57 Å². The highest BCUT2D eigenvalue weighted by Crippen LogP contribution is 2.20. The molecule has 1 aromatic heterocycles. The van der Waals surface area contributed by atoms with Crippen molar-refractivity contribution in [2.45, 2.75) is 13.3 Å². The molecule has 0 aliphatic heterocycles. The topological polar surface area (TPSA) is 59.8 Å². The summed E-state index contributed by atoms with van der Waals surface area (Å²) in [5.41, 5.74) is 5.04. The molecule has 3 aromatic carbocycles. The Hall–Kier alpha value is -2.74. The van der Waals surface area contributed by atoms with Gasteiger partial charge in [-0.25, -0.2) is 0 Å². The molecule has 0 unspecified atom stereocenters. The minimum atomic E-state index is -0.137. The highest BCUT2D eigenvalue weighted by Gasteiger charge is 2.11. The van der Waals surface area contributed by atoms with Crippen molar-refractivity contribution in [3.05, 3.63) is 81.4 Å². The summed E-state index contributed by atoms with van der Waals surface area (Å²) in [5.74, 6) is -0.137. The minimum Gasteiger partial charge on any atom is -0.322 e. The van der Waals surface area contributed by atoms with Gasteiger partial charge in [-0.15, -0.1) is 10.2 Å². The van der Waals surface area contributed by atoms with Gasteiger partial charge >= 0.3 is 0 Å². The van der Waals surface area contributed by atoms with Crippen LogP contribution in [-0.4, -0.2) is 20.9 Å². The van der Waals surface area contributed by atoms with Crippen molar-refractivity contribution in [3.63, 3.8) is 0 Å². The molecule has 0 aliphatic carbocycles. The first kappa shape index (κ1) is 17.7. The van der Waals surface area contributed by atoms with E-state index in [1.165, 1.54) is 5.56 Å². The molecule has 0 aliphatic rings. The Morgan fingerprint density at radius 1 is 1.00 bits per heavy atom. The maximum absolute atomic E-state index is 12.5. The number of nitrogens with one attached hydrogen (secondary N) is 1. The Balaban J connectivity index is 1.60. The molecule has 0 atom stereocenters. The number of carbonyl (C=O) groups excluding carboxylic acids is 1. The van der Waals surface area contributed by atoms with Gasteiger partial charge in [-0.05, 0) is 77.0 Å². The highest BCUT2D eigenvalue weighted by molar-refractivity contribution is 14.1. The first-order valence-electron chi connectivity index (χ1n) is 8.66. The SMILES string of the molecule is CCc1ccc(-n2nc3ccc(NC(=O)c4ccccc4I)cc3n2)cc1. The third kappa shape index (κ3) is 3.71. The number of fused-ring (bicyclic) bond motifs is 1. The summed E-state index contributed by atoms with van der Waals surface area (Å²) in [6.45, 7) is 2.13. The lowest BCUT2D eigenvalue weighted by Gasteiger charge is -2.06. The zero-order valence-corrected chi connectivity index (χ0v) is 16.8. The summed E-state index contributed by atoms with van der Waals surface area (Å²) in [7, 11) is 0. The number of hydrogen-bond acceptors (Lipinski definition) is 3. The lowest BCUT2D eigenvalue weighted by Crippen LogP contribution is -2.13. The van der Waals surface area contributed by atoms with E-state index in [-0.39, 0.29) is 5.91 Å². The number of anilines is 1. The Bertz CT molecular complexity index is 1120. The Kier molecular flexibility index (Phi) is 4.89. The van der Waals surface area contributed by atoms with Crippen LogP contribution >= 0.6 is 22.6 Å². The number of carbonyl (C=O) groups is 1. The fourth-order valence-corrected chi connectivity index (χ4v) is 3.45. The van der Waals surface area contributed by atoms with Crippen LogP contribution in [0.1, 0.15) is 22.8 Å². The maximum Gasteiger partial charge on any atom is 0.256 e. The fraction of sp³-hybridized carbons (Fsp3) is 0.0952. The number of benzene rings is 3. The van der Waals surface area contributed by atoms with Gasteiger partial charge in [-0.2, -0.15) is 4.80 Å². The van der Waals surface area contributed by atoms with Crippen molar-refractivity contribution in [1.82, 2.24) is 15.0 Å². The van der Waals surface area contributed by atoms with E-state index < -0.39 is 0 Å². The number of nitrogens with zero attached hydrogens (tertiary/aromatic N) is 3. The number of hydrogen-bond donors (Lipinski definition) is 1. The number of aryl methyl sites for hydroxylation is 1. The summed E-state index contributed by atoms with van der Waals surface area (Å²) >= 11 is 2.16. The van der Waals surface area contributed by atoms with Crippen molar-refractivity contribution < 1.29 is 4.79 Å². The molecule has 0 saturated heterocycles. The van der Waals surface area contributed by atoms with Crippen LogP contribution in [-0.2, 0) is 6.42 Å². The average Bonchev–Trinajstić information content (AvgIpc) is 3.11. The summed E-state index contributed by atoms with van der Waals surface area (Å²) in [6.07, 6.45) is 0.998. The van der Waals surface area contributed by atoms with Crippen molar-refractivity contribution >= 4 is 45.2 Å². The van der Waals surface area contributed by atoms with E-state index in [9.17, 15) is 4.79 Å². The van der Waals surface area contributed by atoms with Gasteiger partial charge in [0.1, 0.15) is 11.0 Å². The van der Waals surface area contributed by atoms with Crippen LogP contribution in [0.2, 0.25) is 0 Å². The molecule has 0 bridgehead atoms. The van der Waals surface area contributed by atoms with Gasteiger partial charge in [0.2, 0.25) is 0 Å². The average molecular weight is 468 g/mol. The molecule has 0 saturated carbocycles. The largest absolute Gasteiger partial charge is 0.322 e. The molecule has 4 rings (SSSR count). The standard InChI is InChI=1S/C21H17IN4O/c1-2-14-7-10-16(11-8-14)26-24-19-12-9-15(13-20(19)25-26)23-21(27)17-5-3-4-6-18(17)22/h3-13H,2H2,1H3,(H,23,27). The smallest absolute Gasteiger partial charge is 0.256 e. The van der Waals surface area contributed by atoms with E-state index in [1.54, 1.807) is 4.80 Å². The molecule has 6 heteroatoms. The van der Waals surface area contributed by atoms with Gasteiger partial charge < -0.3 is 5.32 Å². The molecule has 134 valence electrons. The monoisotopic (exact) mass is 468 g/mol. The van der Waals surface area contributed by atoms with Gasteiger partial charge in [0, 0.05) is 9.26 Å². The van der Waals surface area contributed by atoms with Crippen molar-refractivity contribution in [2.24, 2.45) is 0 Å². The Labute approximate surface area is 170 Å². The van der Waals surface area contributed by atoms with E-state index in [1.807, 2.05) is 54.6 Å². The van der Waals surface area contributed by atoms with Crippen molar-refractivity contribution in [2.75, 3.05) is 5.32 Å². The number of aromatic nitrogens is 3. The van der Waals surface area contributed by atoms with Crippen molar-refractivity contribution in [1.29, 1.82) is 0 Å². The summed E-state index contributed by atoms with van der Waals surface area (Å²) in [4.78, 5) is 14.1. The summed E-state index contributed by atoms with van der Waals surface area (Å²) in [6, 6.07) is 21.2. The normalized spacial score (nSPS) is 10.9. The molecule has 27 heavy (non-hydrogen) atoms. The van der Waals surface area contributed by atoms with Gasteiger partial charge in [0.15, 0.2) is 0 Å². The number of amides is 1. The van der Waals surface area contributed by atoms with Gasteiger partial charge in [-0.3, -0.25) is 4.79 Å². The van der Waals surface area contributed by atoms with Crippen molar-refractivity contribution in [3.8, 4) is 5.69 Å². The van der Waals surface area contributed by atoms with Crippen LogP contribution in [0.4, 0.5) is 5.69 Å². The van der Waals surface area contributed by atoms with Gasteiger partial charge in [0.25, 0.3) is 5.91 Å². The summed E-state index contributed by atoms with van der Waals surface area (Å²) < 4.78 is 0.912. The molecule has 0 spiro atoms. The quantitative estimate of drug-likeness (QED) is 0.436. The third-order valence-electron chi connectivity index (χ3n) is 4.33. The zero-order chi connectivity index (χ0) is 18.8. The van der Waals surface area contributed by atoms with E-state index >= 15 is 0 Å². The van der Waals surface area contributed by atoms with E-state index in [4.69, 9.17) is 0 Å². The van der Waals surface area contributed by atoms with Gasteiger partial charge in [0.05, 0.1) is 11.3 Å². The molecule has 5 nitrogen and oxygen atoms in total. The second kappa shape index (κ2) is 7.48. The van der Waals surface area contributed by atoms with Crippen LogP contribution in [0.3, 0.4) is 0 Å². The number of rotatable bonds is 4. The van der Waals surface area contributed by atoms with Gasteiger partial charge in [-0.1, -0.05) is 31.2 Å². The second-order valence-corrected chi connectivity index (χ2v) is 7.31. The van der Waals surface area contributed by atoms with E-state index in [0.717, 1.165) is 26.7 Å². The Morgan fingerprint density at radius 3 is 2.48 bits per heavy atom. The first-order valence-corrected chi connectivity index (χ1v) is 9.74. The first-order chi connectivity index (χ1) is 13.1.